The highest BCUT2D eigenvalue weighted by Gasteiger charge is 2.32. The standard InChI is InChI=1S/C16H14FN3O2S3/c17-11-4-2-1-3-10(11)9-12-14(22)20(16(23)25-12)7-5-13(21)19-15-18-6-8-24-15/h1-4,9H,5-8H2,(H,18,19,21). The van der Waals surface area contributed by atoms with Gasteiger partial charge in [0.1, 0.15) is 10.1 Å². The van der Waals surface area contributed by atoms with E-state index in [0.29, 0.717) is 26.5 Å². The third-order valence-electron chi connectivity index (χ3n) is 3.46. The van der Waals surface area contributed by atoms with Crippen molar-refractivity contribution >= 4 is 63.1 Å². The number of carbonyl (C=O) groups is 2. The highest BCUT2D eigenvalue weighted by molar-refractivity contribution is 8.26. The van der Waals surface area contributed by atoms with Crippen LogP contribution in [0.2, 0.25) is 0 Å². The van der Waals surface area contributed by atoms with Crippen LogP contribution >= 0.6 is 35.7 Å². The van der Waals surface area contributed by atoms with E-state index < -0.39 is 5.82 Å². The molecule has 1 fully saturated rings. The van der Waals surface area contributed by atoms with Gasteiger partial charge in [0.2, 0.25) is 5.91 Å². The molecule has 9 heteroatoms. The molecule has 2 aliphatic heterocycles. The summed E-state index contributed by atoms with van der Waals surface area (Å²) in [5.74, 6) is -0.0496. The van der Waals surface area contributed by atoms with Crippen LogP contribution in [-0.4, -0.2) is 45.0 Å². The van der Waals surface area contributed by atoms with Gasteiger partial charge in [-0.05, 0) is 12.1 Å². The summed E-state index contributed by atoms with van der Waals surface area (Å²) in [4.78, 5) is 30.3. The SMILES string of the molecule is O=C(CCN1C(=O)C(=Cc2ccccc2F)SC1=S)NC1=NCCS1. The molecule has 0 radical (unpaired) electrons. The van der Waals surface area contributed by atoms with Gasteiger partial charge in [-0.15, -0.1) is 0 Å². The number of rotatable bonds is 4. The van der Waals surface area contributed by atoms with E-state index in [1.807, 2.05) is 0 Å². The smallest absolute Gasteiger partial charge is 0.266 e. The maximum atomic E-state index is 13.7. The fraction of sp³-hybridized carbons (Fsp3) is 0.250. The summed E-state index contributed by atoms with van der Waals surface area (Å²) in [7, 11) is 0. The molecule has 25 heavy (non-hydrogen) atoms. The van der Waals surface area contributed by atoms with Crippen LogP contribution in [0.15, 0.2) is 34.2 Å². The number of amidine groups is 1. The maximum Gasteiger partial charge on any atom is 0.266 e. The Morgan fingerprint density at radius 3 is 2.96 bits per heavy atom. The molecule has 1 saturated heterocycles. The second kappa shape index (κ2) is 8.11. The molecular formula is C16H14FN3O2S3. The molecule has 1 aromatic rings. The Morgan fingerprint density at radius 2 is 2.24 bits per heavy atom. The minimum atomic E-state index is -0.401. The Kier molecular flexibility index (Phi) is 5.87. The topological polar surface area (TPSA) is 61.8 Å². The molecule has 1 aromatic carbocycles. The van der Waals surface area contributed by atoms with E-state index in [1.54, 1.807) is 18.2 Å². The highest BCUT2D eigenvalue weighted by atomic mass is 32.2. The van der Waals surface area contributed by atoms with Gasteiger partial charge in [-0.1, -0.05) is 53.9 Å². The van der Waals surface area contributed by atoms with E-state index in [-0.39, 0.29) is 24.8 Å². The molecule has 0 bridgehead atoms. The quantitative estimate of drug-likeness (QED) is 0.627. The molecule has 2 amide bonds. The van der Waals surface area contributed by atoms with E-state index in [2.05, 4.69) is 10.3 Å². The number of amides is 2. The number of benzene rings is 1. The number of halogens is 1. The number of thioether (sulfide) groups is 2. The van der Waals surface area contributed by atoms with E-state index in [9.17, 15) is 14.0 Å². The maximum absolute atomic E-state index is 13.7. The summed E-state index contributed by atoms with van der Waals surface area (Å²) in [6.45, 7) is 0.888. The minimum Gasteiger partial charge on any atom is -0.305 e. The zero-order valence-corrected chi connectivity index (χ0v) is 15.5. The Morgan fingerprint density at radius 1 is 1.44 bits per heavy atom. The first-order chi connectivity index (χ1) is 12.0. The molecule has 5 nitrogen and oxygen atoms in total. The molecule has 130 valence electrons. The lowest BCUT2D eigenvalue weighted by Gasteiger charge is -2.13. The van der Waals surface area contributed by atoms with Crippen LogP contribution in [0, 0.1) is 5.82 Å². The number of nitrogens with zero attached hydrogens (tertiary/aromatic N) is 2. The van der Waals surface area contributed by atoms with Crippen molar-refractivity contribution in [1.29, 1.82) is 0 Å². The van der Waals surface area contributed by atoms with Crippen LogP contribution in [0.1, 0.15) is 12.0 Å². The number of carbonyl (C=O) groups excluding carboxylic acids is 2. The van der Waals surface area contributed by atoms with Crippen LogP contribution in [0.4, 0.5) is 4.39 Å². The zero-order chi connectivity index (χ0) is 17.8. The molecule has 2 aliphatic rings. The molecule has 0 aliphatic carbocycles. The van der Waals surface area contributed by atoms with Crippen LogP contribution in [0.25, 0.3) is 6.08 Å². The van der Waals surface area contributed by atoms with Gasteiger partial charge < -0.3 is 5.32 Å². The third-order valence-corrected chi connectivity index (χ3v) is 5.73. The van der Waals surface area contributed by atoms with Gasteiger partial charge in [0.05, 0.1) is 11.4 Å². The van der Waals surface area contributed by atoms with Crippen molar-refractivity contribution in [2.45, 2.75) is 6.42 Å². The van der Waals surface area contributed by atoms with Crippen LogP contribution < -0.4 is 5.32 Å². The molecule has 0 unspecified atom stereocenters. The average molecular weight is 396 g/mol. The monoisotopic (exact) mass is 395 g/mol. The van der Waals surface area contributed by atoms with Crippen molar-refractivity contribution in [3.8, 4) is 0 Å². The second-order valence-electron chi connectivity index (χ2n) is 5.19. The largest absolute Gasteiger partial charge is 0.305 e. The van der Waals surface area contributed by atoms with Gasteiger partial charge in [0, 0.05) is 24.3 Å². The average Bonchev–Trinajstić information content (AvgIpc) is 3.17. The summed E-state index contributed by atoms with van der Waals surface area (Å²) in [6, 6.07) is 6.21. The van der Waals surface area contributed by atoms with Gasteiger partial charge in [-0.3, -0.25) is 19.5 Å². The second-order valence-corrected chi connectivity index (χ2v) is 7.95. The minimum absolute atomic E-state index is 0.124. The van der Waals surface area contributed by atoms with Crippen molar-refractivity contribution < 1.29 is 14.0 Å². The molecule has 1 N–H and O–H groups in total. The zero-order valence-electron chi connectivity index (χ0n) is 13.0. The number of aliphatic imine (C=N–C) groups is 1. The third kappa shape index (κ3) is 4.47. The van der Waals surface area contributed by atoms with Gasteiger partial charge in [-0.2, -0.15) is 0 Å². The summed E-state index contributed by atoms with van der Waals surface area (Å²) in [5, 5.41) is 3.33. The number of hydrogen-bond acceptors (Lipinski definition) is 6. The van der Waals surface area contributed by atoms with Crippen molar-refractivity contribution in [1.82, 2.24) is 10.2 Å². The Labute approximate surface area is 158 Å². The predicted molar refractivity (Wildman–Crippen MR) is 104 cm³/mol. The lowest BCUT2D eigenvalue weighted by molar-refractivity contribution is -0.123. The van der Waals surface area contributed by atoms with Gasteiger partial charge in [0.25, 0.3) is 5.91 Å². The molecule has 2 heterocycles. The summed E-state index contributed by atoms with van der Waals surface area (Å²) >= 11 is 7.82. The molecule has 3 rings (SSSR count). The van der Waals surface area contributed by atoms with Crippen molar-refractivity contribution in [2.75, 3.05) is 18.8 Å². The van der Waals surface area contributed by atoms with E-state index in [4.69, 9.17) is 12.2 Å². The molecule has 0 saturated carbocycles. The molecular weight excluding hydrogens is 381 g/mol. The normalized spacial score (nSPS) is 18.8. The highest BCUT2D eigenvalue weighted by Crippen LogP contribution is 2.32. The van der Waals surface area contributed by atoms with Crippen molar-refractivity contribution in [2.24, 2.45) is 4.99 Å². The molecule has 0 atom stereocenters. The molecule has 0 spiro atoms. The summed E-state index contributed by atoms with van der Waals surface area (Å²) in [5.41, 5.74) is 0.331. The first kappa shape index (κ1) is 18.1. The van der Waals surface area contributed by atoms with Gasteiger partial charge in [0.15, 0.2) is 5.17 Å². The van der Waals surface area contributed by atoms with E-state index in [0.717, 1.165) is 17.5 Å². The van der Waals surface area contributed by atoms with Crippen LogP contribution in [0.3, 0.4) is 0 Å². The lowest BCUT2D eigenvalue weighted by Crippen LogP contribution is -2.34. The number of hydrogen-bond donors (Lipinski definition) is 1. The Balaban J connectivity index is 1.61. The number of thiocarbonyl (C=S) groups is 1. The summed E-state index contributed by atoms with van der Waals surface area (Å²) in [6.07, 6.45) is 1.61. The van der Waals surface area contributed by atoms with Crippen molar-refractivity contribution in [3.05, 3.63) is 40.6 Å². The molecule has 0 aromatic heterocycles. The number of nitrogens with one attached hydrogen (secondary N) is 1. The predicted octanol–water partition coefficient (Wildman–Crippen LogP) is 2.64. The van der Waals surface area contributed by atoms with E-state index in [1.165, 1.54) is 28.8 Å². The Hall–Kier alpha value is -1.71. The van der Waals surface area contributed by atoms with Gasteiger partial charge >= 0.3 is 0 Å². The first-order valence-electron chi connectivity index (χ1n) is 7.51. The fourth-order valence-corrected chi connectivity index (χ4v) is 4.28. The Bertz CT molecular complexity index is 795. The lowest BCUT2D eigenvalue weighted by atomic mass is 10.2. The van der Waals surface area contributed by atoms with Crippen LogP contribution in [0.5, 0.6) is 0 Å². The van der Waals surface area contributed by atoms with Gasteiger partial charge in [-0.25, -0.2) is 4.39 Å². The van der Waals surface area contributed by atoms with Crippen LogP contribution in [-0.2, 0) is 9.59 Å². The van der Waals surface area contributed by atoms with E-state index >= 15 is 0 Å². The summed E-state index contributed by atoms with van der Waals surface area (Å²) < 4.78 is 14.1. The first-order valence-corrected chi connectivity index (χ1v) is 9.72. The van der Waals surface area contributed by atoms with Crippen molar-refractivity contribution in [3.63, 3.8) is 0 Å². The fourth-order valence-electron chi connectivity index (χ4n) is 2.23.